The molecule has 0 unspecified atom stereocenters. The molecule has 176 valence electrons. The lowest BCUT2D eigenvalue weighted by Gasteiger charge is -2.29. The predicted molar refractivity (Wildman–Crippen MR) is 118 cm³/mol. The van der Waals surface area contributed by atoms with Gasteiger partial charge in [0.15, 0.2) is 0 Å². The number of nitrogens with one attached hydrogen (secondary N) is 1. The van der Waals surface area contributed by atoms with Crippen molar-refractivity contribution >= 4 is 33.2 Å². The number of halogens is 4. The average Bonchev–Trinajstić information content (AvgIpc) is 2.67. The van der Waals surface area contributed by atoms with E-state index in [-0.39, 0.29) is 18.8 Å². The summed E-state index contributed by atoms with van der Waals surface area (Å²) in [6.07, 6.45) is -3.98. The Bertz CT molecular complexity index is 1090. The van der Waals surface area contributed by atoms with Crippen molar-refractivity contribution in [3.05, 3.63) is 58.1 Å². The summed E-state index contributed by atoms with van der Waals surface area (Å²) in [4.78, 5) is 12.6. The average molecular weight is 493 g/mol. The van der Waals surface area contributed by atoms with Gasteiger partial charge in [-0.3, -0.25) is 9.10 Å². The van der Waals surface area contributed by atoms with E-state index in [0.717, 1.165) is 29.5 Å². The molecule has 0 aliphatic carbocycles. The van der Waals surface area contributed by atoms with Gasteiger partial charge in [-0.15, -0.1) is 0 Å². The summed E-state index contributed by atoms with van der Waals surface area (Å²) in [6.45, 7) is 5.32. The summed E-state index contributed by atoms with van der Waals surface area (Å²) < 4.78 is 70.5. The highest BCUT2D eigenvalue weighted by Gasteiger charge is 2.36. The highest BCUT2D eigenvalue weighted by molar-refractivity contribution is 7.92. The number of ether oxygens (including phenoxy) is 1. The molecule has 0 aromatic heterocycles. The van der Waals surface area contributed by atoms with E-state index in [2.05, 4.69) is 5.32 Å². The molecule has 0 spiro atoms. The van der Waals surface area contributed by atoms with Gasteiger partial charge in [0, 0.05) is 0 Å². The van der Waals surface area contributed by atoms with E-state index in [1.807, 2.05) is 26.0 Å². The van der Waals surface area contributed by atoms with Gasteiger partial charge in [-0.05, 0) is 56.2 Å². The lowest BCUT2D eigenvalue weighted by atomic mass is 10.1. The molecule has 0 aliphatic rings. The summed E-state index contributed by atoms with van der Waals surface area (Å²) >= 11 is 5.62. The van der Waals surface area contributed by atoms with Crippen molar-refractivity contribution in [3.8, 4) is 5.75 Å². The summed E-state index contributed by atoms with van der Waals surface area (Å²) in [7, 11) is -4.09. The third-order valence-corrected chi connectivity index (χ3v) is 6.38. The van der Waals surface area contributed by atoms with E-state index in [4.69, 9.17) is 16.3 Å². The Labute approximate surface area is 190 Å². The number of nitrogens with zero attached hydrogens (tertiary/aromatic N) is 1. The molecule has 1 N–H and O–H groups in total. The molecule has 0 radical (unpaired) electrons. The van der Waals surface area contributed by atoms with E-state index >= 15 is 0 Å². The molecule has 32 heavy (non-hydrogen) atoms. The van der Waals surface area contributed by atoms with Crippen LogP contribution in [0.15, 0.2) is 36.4 Å². The quantitative estimate of drug-likeness (QED) is 0.557. The maximum Gasteiger partial charge on any atom is 0.417 e. The number of carbonyl (C=O) groups is 1. The molecule has 0 aliphatic heterocycles. The Hall–Kier alpha value is -2.46. The van der Waals surface area contributed by atoms with Crippen molar-refractivity contribution in [2.24, 2.45) is 0 Å². The maximum atomic E-state index is 13.2. The largest absolute Gasteiger partial charge is 0.491 e. The van der Waals surface area contributed by atoms with Crippen molar-refractivity contribution in [2.75, 3.05) is 23.7 Å². The van der Waals surface area contributed by atoms with Crippen LogP contribution in [0.1, 0.15) is 23.6 Å². The predicted octanol–water partition coefficient (Wildman–Crippen LogP) is 4.33. The monoisotopic (exact) mass is 492 g/mol. The number of aryl methyl sites for hydroxylation is 1. The van der Waals surface area contributed by atoms with Crippen LogP contribution in [-0.4, -0.2) is 39.8 Å². The molecule has 2 aromatic rings. The number of benzene rings is 2. The van der Waals surface area contributed by atoms with Crippen LogP contribution in [0, 0.1) is 13.8 Å². The molecule has 0 bridgehead atoms. The molecular weight excluding hydrogens is 469 g/mol. The number of anilines is 1. The molecule has 11 heteroatoms. The number of sulfonamides is 1. The van der Waals surface area contributed by atoms with Crippen LogP contribution in [0.5, 0.6) is 5.75 Å². The zero-order chi connectivity index (χ0) is 24.3. The summed E-state index contributed by atoms with van der Waals surface area (Å²) in [5.41, 5.74) is 0.488. The Morgan fingerprint density at radius 2 is 1.88 bits per heavy atom. The first-order chi connectivity index (χ1) is 14.7. The van der Waals surface area contributed by atoms with Gasteiger partial charge < -0.3 is 10.1 Å². The molecule has 6 nitrogen and oxygen atoms in total. The zero-order valence-electron chi connectivity index (χ0n) is 18.0. The highest BCUT2D eigenvalue weighted by Crippen LogP contribution is 2.37. The van der Waals surface area contributed by atoms with Crippen molar-refractivity contribution < 1.29 is 31.1 Å². The second kappa shape index (κ2) is 9.99. The molecule has 0 fully saturated rings. The molecule has 0 saturated carbocycles. The van der Waals surface area contributed by atoms with Gasteiger partial charge in [-0.25, -0.2) is 8.42 Å². The van der Waals surface area contributed by atoms with Gasteiger partial charge in [0.25, 0.3) is 0 Å². The normalized spacial score (nSPS) is 12.9. The molecule has 0 saturated heterocycles. The van der Waals surface area contributed by atoms with E-state index < -0.39 is 38.7 Å². The van der Waals surface area contributed by atoms with Gasteiger partial charge >= 0.3 is 6.18 Å². The third kappa shape index (κ3) is 6.29. The second-order valence-corrected chi connectivity index (χ2v) is 9.50. The number of carbonyl (C=O) groups excluding carboxylic acids is 1. The van der Waals surface area contributed by atoms with E-state index in [9.17, 15) is 26.4 Å². The first-order valence-electron chi connectivity index (χ1n) is 9.56. The minimum absolute atomic E-state index is 0.0720. The fourth-order valence-electron chi connectivity index (χ4n) is 3.04. The number of rotatable bonds is 8. The molecule has 0 heterocycles. The van der Waals surface area contributed by atoms with Crippen LogP contribution in [0.3, 0.4) is 0 Å². The van der Waals surface area contributed by atoms with Gasteiger partial charge in [0.2, 0.25) is 15.9 Å². The van der Waals surface area contributed by atoms with Crippen LogP contribution >= 0.6 is 11.6 Å². The fraction of sp³-hybridized carbons (Fsp3) is 0.381. The van der Waals surface area contributed by atoms with Crippen LogP contribution in [0.25, 0.3) is 0 Å². The summed E-state index contributed by atoms with van der Waals surface area (Å²) in [5.74, 6) is -0.0330. The lowest BCUT2D eigenvalue weighted by Crippen LogP contribution is -2.48. The first kappa shape index (κ1) is 25.8. The van der Waals surface area contributed by atoms with Crippen molar-refractivity contribution in [2.45, 2.75) is 33.0 Å². The molecule has 2 rings (SSSR count). The van der Waals surface area contributed by atoms with Crippen molar-refractivity contribution in [1.29, 1.82) is 0 Å². The SMILES string of the molecule is Cc1cccc(OCCNC(=O)[C@H](C)N(c2ccc(Cl)c(C(F)(F)F)c2)S(C)(=O)=O)c1C. The molecule has 2 aromatic carbocycles. The fourth-order valence-corrected chi connectivity index (χ4v) is 4.43. The van der Waals surface area contributed by atoms with E-state index in [1.54, 1.807) is 6.07 Å². The minimum Gasteiger partial charge on any atom is -0.491 e. The number of alkyl halides is 3. The van der Waals surface area contributed by atoms with Gasteiger partial charge in [-0.2, -0.15) is 13.2 Å². The van der Waals surface area contributed by atoms with Crippen molar-refractivity contribution in [1.82, 2.24) is 5.32 Å². The van der Waals surface area contributed by atoms with E-state index in [0.29, 0.717) is 16.1 Å². The Kier molecular flexibility index (Phi) is 8.06. The van der Waals surface area contributed by atoms with Gasteiger partial charge in [0.1, 0.15) is 18.4 Å². The third-order valence-electron chi connectivity index (χ3n) is 4.81. The van der Waals surface area contributed by atoms with Crippen LogP contribution in [-0.2, 0) is 21.0 Å². The standard InChI is InChI=1S/C21H24ClF3N2O4S/c1-13-6-5-7-19(14(13)2)31-11-10-26-20(28)15(3)27(32(4,29)30)16-8-9-18(22)17(12-16)21(23,24)25/h5-9,12,15H,10-11H2,1-4H3,(H,26,28)/t15-/m0/s1. The van der Waals surface area contributed by atoms with Gasteiger partial charge in [0.05, 0.1) is 29.1 Å². The van der Waals surface area contributed by atoms with Gasteiger partial charge in [-0.1, -0.05) is 23.7 Å². The lowest BCUT2D eigenvalue weighted by molar-refractivity contribution is -0.137. The number of amides is 1. The Morgan fingerprint density at radius 3 is 2.47 bits per heavy atom. The Morgan fingerprint density at radius 1 is 1.22 bits per heavy atom. The summed E-state index contributed by atoms with van der Waals surface area (Å²) in [5, 5.41) is 1.97. The van der Waals surface area contributed by atoms with Crippen LogP contribution in [0.2, 0.25) is 5.02 Å². The molecule has 1 atom stereocenters. The highest BCUT2D eigenvalue weighted by atomic mass is 35.5. The molecular formula is C21H24ClF3N2O4S. The minimum atomic E-state index is -4.78. The number of hydrogen-bond donors (Lipinski definition) is 1. The topological polar surface area (TPSA) is 75.7 Å². The van der Waals surface area contributed by atoms with Crippen molar-refractivity contribution in [3.63, 3.8) is 0 Å². The van der Waals surface area contributed by atoms with Crippen LogP contribution in [0.4, 0.5) is 18.9 Å². The van der Waals surface area contributed by atoms with E-state index in [1.165, 1.54) is 6.92 Å². The zero-order valence-corrected chi connectivity index (χ0v) is 19.5. The molecule has 1 amide bonds. The second-order valence-electron chi connectivity index (χ2n) is 7.23. The maximum absolute atomic E-state index is 13.2. The Balaban J connectivity index is 2.14. The number of hydrogen-bond acceptors (Lipinski definition) is 4. The first-order valence-corrected chi connectivity index (χ1v) is 11.8. The summed E-state index contributed by atoms with van der Waals surface area (Å²) in [6, 6.07) is 6.92. The smallest absolute Gasteiger partial charge is 0.417 e. The van der Waals surface area contributed by atoms with Crippen LogP contribution < -0.4 is 14.4 Å².